The summed E-state index contributed by atoms with van der Waals surface area (Å²) >= 11 is 0. The zero-order valence-electron chi connectivity index (χ0n) is 15.1. The minimum atomic E-state index is -1.08. The molecule has 0 saturated carbocycles. The molecule has 0 bridgehead atoms. The second-order valence-electron chi connectivity index (χ2n) is 6.54. The highest BCUT2D eigenvalue weighted by Crippen LogP contribution is 2.22. The molecule has 7 heteroatoms. The molecule has 2 aromatic carbocycles. The lowest BCUT2D eigenvalue weighted by Gasteiger charge is -2.33. The highest BCUT2D eigenvalue weighted by molar-refractivity contribution is 5.95. The van der Waals surface area contributed by atoms with Crippen LogP contribution in [0.25, 0.3) is 0 Å². The Morgan fingerprint density at radius 1 is 1.15 bits per heavy atom. The van der Waals surface area contributed by atoms with Crippen LogP contribution in [0.1, 0.15) is 21.5 Å². The second kappa shape index (κ2) is 7.84. The first kappa shape index (κ1) is 19.0. The van der Waals surface area contributed by atoms with E-state index in [0.717, 1.165) is 28.9 Å². The van der Waals surface area contributed by atoms with E-state index in [1.54, 1.807) is 4.90 Å². The Hall–Kier alpha value is -2.80. The molecular weight excluding hydrogens is 354 g/mol. The maximum absolute atomic E-state index is 13.3. The first-order valence-electron chi connectivity index (χ1n) is 8.57. The summed E-state index contributed by atoms with van der Waals surface area (Å²) in [6.07, 6.45) is -0.404. The molecule has 0 radical (unpaired) electrons. The summed E-state index contributed by atoms with van der Waals surface area (Å²) in [5.74, 6) is -2.78. The first-order chi connectivity index (χ1) is 12.8. The quantitative estimate of drug-likeness (QED) is 0.895. The number of amides is 2. The molecule has 1 heterocycles. The van der Waals surface area contributed by atoms with Gasteiger partial charge in [-0.1, -0.05) is 6.07 Å². The van der Waals surface area contributed by atoms with Crippen LogP contribution in [-0.4, -0.2) is 37.6 Å². The number of nitrogens with one attached hydrogen (secondary N) is 1. The van der Waals surface area contributed by atoms with E-state index >= 15 is 0 Å². The van der Waals surface area contributed by atoms with Gasteiger partial charge in [0.25, 0.3) is 11.8 Å². The molecule has 1 aliphatic rings. The highest BCUT2D eigenvalue weighted by Gasteiger charge is 2.28. The number of hydrogen-bond donors (Lipinski definition) is 1. The molecule has 1 N–H and O–H groups in total. The van der Waals surface area contributed by atoms with E-state index in [2.05, 4.69) is 5.32 Å². The number of morpholine rings is 1. The zero-order valence-corrected chi connectivity index (χ0v) is 15.1. The van der Waals surface area contributed by atoms with Crippen molar-refractivity contribution in [3.63, 3.8) is 0 Å². The van der Waals surface area contributed by atoms with Crippen LogP contribution in [0.2, 0.25) is 0 Å². The van der Waals surface area contributed by atoms with Crippen molar-refractivity contribution in [2.75, 3.05) is 24.6 Å². The average molecular weight is 374 g/mol. The van der Waals surface area contributed by atoms with Gasteiger partial charge >= 0.3 is 0 Å². The average Bonchev–Trinajstić information content (AvgIpc) is 2.65. The maximum Gasteiger partial charge on any atom is 0.253 e. The lowest BCUT2D eigenvalue weighted by atomic mass is 10.1. The Kier molecular flexibility index (Phi) is 5.51. The Bertz CT molecular complexity index is 886. The summed E-state index contributed by atoms with van der Waals surface area (Å²) < 4.78 is 31.7. The fraction of sp³-hybridized carbons (Fsp3) is 0.300. The number of rotatable bonds is 4. The van der Waals surface area contributed by atoms with Crippen molar-refractivity contribution in [1.29, 1.82) is 0 Å². The SMILES string of the molecule is Cc1ccc(N2CC(CNC(=O)c3ccc(F)c(F)c3)OCC2=O)cc1C. The van der Waals surface area contributed by atoms with E-state index in [0.29, 0.717) is 6.54 Å². The van der Waals surface area contributed by atoms with Gasteiger partial charge in [-0.2, -0.15) is 0 Å². The van der Waals surface area contributed by atoms with Gasteiger partial charge in [0.2, 0.25) is 0 Å². The topological polar surface area (TPSA) is 58.6 Å². The predicted octanol–water partition coefficient (Wildman–Crippen LogP) is 2.74. The normalized spacial score (nSPS) is 17.1. The van der Waals surface area contributed by atoms with E-state index in [9.17, 15) is 18.4 Å². The molecule has 0 spiro atoms. The van der Waals surface area contributed by atoms with Gasteiger partial charge in [0.15, 0.2) is 11.6 Å². The second-order valence-corrected chi connectivity index (χ2v) is 6.54. The van der Waals surface area contributed by atoms with Crippen molar-refractivity contribution >= 4 is 17.5 Å². The number of nitrogens with zero attached hydrogens (tertiary/aromatic N) is 1. The molecular formula is C20H20F2N2O3. The summed E-state index contributed by atoms with van der Waals surface area (Å²) in [5.41, 5.74) is 3.01. The van der Waals surface area contributed by atoms with Crippen molar-refractivity contribution in [3.05, 3.63) is 64.7 Å². The largest absolute Gasteiger partial charge is 0.365 e. The number of hydrogen-bond acceptors (Lipinski definition) is 3. The van der Waals surface area contributed by atoms with E-state index in [4.69, 9.17) is 4.74 Å². The van der Waals surface area contributed by atoms with Gasteiger partial charge in [0.05, 0.1) is 12.6 Å². The van der Waals surface area contributed by atoms with Gasteiger partial charge in [-0.15, -0.1) is 0 Å². The predicted molar refractivity (Wildman–Crippen MR) is 96.7 cm³/mol. The van der Waals surface area contributed by atoms with Crippen molar-refractivity contribution < 1.29 is 23.1 Å². The molecule has 1 aliphatic heterocycles. The van der Waals surface area contributed by atoms with Crippen LogP contribution in [0.5, 0.6) is 0 Å². The summed E-state index contributed by atoms with van der Waals surface area (Å²) in [4.78, 5) is 25.9. The molecule has 2 amide bonds. The molecule has 0 aromatic heterocycles. The number of benzene rings is 2. The van der Waals surface area contributed by atoms with E-state index in [1.165, 1.54) is 6.07 Å². The Morgan fingerprint density at radius 3 is 2.63 bits per heavy atom. The number of anilines is 1. The monoisotopic (exact) mass is 374 g/mol. The Balaban J connectivity index is 1.63. The molecule has 1 fully saturated rings. The van der Waals surface area contributed by atoms with E-state index in [-0.39, 0.29) is 24.6 Å². The van der Waals surface area contributed by atoms with Crippen molar-refractivity contribution in [1.82, 2.24) is 5.32 Å². The van der Waals surface area contributed by atoms with Crippen LogP contribution in [0.3, 0.4) is 0 Å². The smallest absolute Gasteiger partial charge is 0.253 e. The highest BCUT2D eigenvalue weighted by atomic mass is 19.2. The summed E-state index contributed by atoms with van der Waals surface area (Å²) in [5, 5.41) is 2.63. The van der Waals surface area contributed by atoms with Gasteiger partial charge in [-0.3, -0.25) is 9.59 Å². The van der Waals surface area contributed by atoms with Crippen molar-refractivity contribution in [2.45, 2.75) is 20.0 Å². The van der Waals surface area contributed by atoms with E-state index in [1.807, 2.05) is 32.0 Å². The van der Waals surface area contributed by atoms with Crippen molar-refractivity contribution in [2.24, 2.45) is 0 Å². The van der Waals surface area contributed by atoms with E-state index < -0.39 is 23.6 Å². The summed E-state index contributed by atoms with van der Waals surface area (Å²) in [6, 6.07) is 8.73. The number of aryl methyl sites for hydroxylation is 2. The van der Waals surface area contributed by atoms with Crippen LogP contribution >= 0.6 is 0 Å². The van der Waals surface area contributed by atoms with Crippen LogP contribution in [0, 0.1) is 25.5 Å². The zero-order chi connectivity index (χ0) is 19.6. The minimum absolute atomic E-state index is 0.0202. The molecule has 1 atom stereocenters. The Morgan fingerprint density at radius 2 is 1.93 bits per heavy atom. The Labute approximate surface area is 155 Å². The van der Waals surface area contributed by atoms with Gasteiger partial charge in [0, 0.05) is 17.8 Å². The molecule has 1 unspecified atom stereocenters. The third-order valence-corrected chi connectivity index (χ3v) is 4.60. The van der Waals surface area contributed by atoms with Crippen LogP contribution in [0.4, 0.5) is 14.5 Å². The maximum atomic E-state index is 13.3. The molecule has 142 valence electrons. The summed E-state index contributed by atoms with van der Waals surface area (Å²) in [7, 11) is 0. The molecule has 0 aliphatic carbocycles. The third-order valence-electron chi connectivity index (χ3n) is 4.60. The molecule has 5 nitrogen and oxygen atoms in total. The minimum Gasteiger partial charge on any atom is -0.365 e. The van der Waals surface area contributed by atoms with Crippen LogP contribution in [0.15, 0.2) is 36.4 Å². The van der Waals surface area contributed by atoms with Gasteiger partial charge in [-0.25, -0.2) is 8.78 Å². The molecule has 27 heavy (non-hydrogen) atoms. The summed E-state index contributed by atoms with van der Waals surface area (Å²) in [6.45, 7) is 4.32. The van der Waals surface area contributed by atoms with Gasteiger partial charge in [-0.05, 0) is 55.3 Å². The van der Waals surface area contributed by atoms with Gasteiger partial charge < -0.3 is 15.0 Å². The third kappa shape index (κ3) is 4.31. The van der Waals surface area contributed by atoms with Crippen molar-refractivity contribution in [3.8, 4) is 0 Å². The number of carbonyl (C=O) groups excluding carboxylic acids is 2. The number of halogens is 2. The molecule has 1 saturated heterocycles. The lowest BCUT2D eigenvalue weighted by Crippen LogP contribution is -2.50. The fourth-order valence-electron chi connectivity index (χ4n) is 2.84. The number of carbonyl (C=O) groups is 2. The standard InChI is InChI=1S/C20H20F2N2O3/c1-12-3-5-15(7-13(12)2)24-10-16(27-11-19(24)25)9-23-20(26)14-4-6-17(21)18(22)8-14/h3-8,16H,9-11H2,1-2H3,(H,23,26). The molecule has 2 aromatic rings. The van der Waals surface area contributed by atoms with Gasteiger partial charge in [0.1, 0.15) is 6.61 Å². The van der Waals surface area contributed by atoms with Crippen LogP contribution in [-0.2, 0) is 9.53 Å². The number of ether oxygens (including phenoxy) is 1. The molecule has 3 rings (SSSR count). The first-order valence-corrected chi connectivity index (χ1v) is 8.57. The lowest BCUT2D eigenvalue weighted by molar-refractivity contribution is -0.129. The fourth-order valence-corrected chi connectivity index (χ4v) is 2.84. The van der Waals surface area contributed by atoms with Crippen LogP contribution < -0.4 is 10.2 Å².